The molecule has 6 nitrogen and oxygen atoms in total. The summed E-state index contributed by atoms with van der Waals surface area (Å²) in [5, 5.41) is 3.70. The van der Waals surface area contributed by atoms with Crippen molar-refractivity contribution >= 4 is 23.5 Å². The van der Waals surface area contributed by atoms with Crippen LogP contribution in [0.25, 0.3) is 0 Å². The summed E-state index contributed by atoms with van der Waals surface area (Å²) >= 11 is 1.63. The molecule has 0 aliphatic carbocycles. The first-order chi connectivity index (χ1) is 13.9. The van der Waals surface area contributed by atoms with E-state index >= 15 is 0 Å². The lowest BCUT2D eigenvalue weighted by Crippen LogP contribution is -2.37. The van der Waals surface area contributed by atoms with E-state index in [2.05, 4.69) is 30.1 Å². The van der Waals surface area contributed by atoms with Gasteiger partial charge in [0, 0.05) is 42.2 Å². The molecule has 7 heteroatoms. The zero-order chi connectivity index (χ0) is 20.8. The highest BCUT2D eigenvalue weighted by Crippen LogP contribution is 2.26. The predicted molar refractivity (Wildman–Crippen MR) is 118 cm³/mol. The van der Waals surface area contributed by atoms with Gasteiger partial charge in [0.1, 0.15) is 5.82 Å². The van der Waals surface area contributed by atoms with Crippen LogP contribution in [-0.2, 0) is 10.5 Å². The third-order valence-electron chi connectivity index (χ3n) is 4.64. The highest BCUT2D eigenvalue weighted by atomic mass is 32.2. The lowest BCUT2D eigenvalue weighted by Gasteiger charge is -2.28. The van der Waals surface area contributed by atoms with Gasteiger partial charge in [-0.15, -0.1) is 0 Å². The van der Waals surface area contributed by atoms with Crippen molar-refractivity contribution in [3.63, 3.8) is 0 Å². The van der Waals surface area contributed by atoms with E-state index < -0.39 is 0 Å². The fourth-order valence-electron chi connectivity index (χ4n) is 2.99. The van der Waals surface area contributed by atoms with Crippen LogP contribution in [0.4, 0.5) is 5.82 Å². The van der Waals surface area contributed by atoms with Crippen molar-refractivity contribution in [2.24, 2.45) is 0 Å². The zero-order valence-corrected chi connectivity index (χ0v) is 18.5. The van der Waals surface area contributed by atoms with Gasteiger partial charge < -0.3 is 15.0 Å². The van der Waals surface area contributed by atoms with Crippen LogP contribution in [0.5, 0.6) is 0 Å². The molecule has 0 unspecified atom stereocenters. The van der Waals surface area contributed by atoms with Crippen LogP contribution in [0.2, 0.25) is 0 Å². The fourth-order valence-corrected chi connectivity index (χ4v) is 3.81. The highest BCUT2D eigenvalue weighted by molar-refractivity contribution is 7.98. The number of anilines is 1. The number of rotatable bonds is 7. The molecule has 0 atom stereocenters. The van der Waals surface area contributed by atoms with Crippen LogP contribution >= 0.6 is 11.8 Å². The Morgan fingerprint density at radius 1 is 1.14 bits per heavy atom. The van der Waals surface area contributed by atoms with Gasteiger partial charge in [-0.1, -0.05) is 37.7 Å². The molecule has 1 saturated heterocycles. The number of morpholine rings is 1. The first-order valence-corrected chi connectivity index (χ1v) is 11.1. The number of nitrogens with zero attached hydrogens (tertiary/aromatic N) is 3. The Kier molecular flexibility index (Phi) is 7.50. The SMILES string of the molecule is CC(C)NC(=O)c1ccc(CSc2nc(C(C)C)cc(N3CCOCC3)n2)cc1. The molecule has 1 fully saturated rings. The molecule has 0 saturated carbocycles. The van der Waals surface area contributed by atoms with E-state index in [1.165, 1.54) is 0 Å². The summed E-state index contributed by atoms with van der Waals surface area (Å²) in [6, 6.07) is 9.97. The molecule has 1 aliphatic heterocycles. The van der Waals surface area contributed by atoms with Gasteiger partial charge in [0.15, 0.2) is 5.16 Å². The molecule has 29 heavy (non-hydrogen) atoms. The number of nitrogens with one attached hydrogen (secondary N) is 1. The maximum atomic E-state index is 12.1. The maximum Gasteiger partial charge on any atom is 0.251 e. The summed E-state index contributed by atoms with van der Waals surface area (Å²) in [5.41, 5.74) is 2.88. The molecule has 0 spiro atoms. The Balaban J connectivity index is 1.69. The second kappa shape index (κ2) is 10.1. The van der Waals surface area contributed by atoms with Gasteiger partial charge in [0.2, 0.25) is 0 Å². The number of carbonyl (C=O) groups is 1. The largest absolute Gasteiger partial charge is 0.378 e. The van der Waals surface area contributed by atoms with Crippen molar-refractivity contribution in [1.29, 1.82) is 0 Å². The van der Waals surface area contributed by atoms with Crippen LogP contribution in [0, 0.1) is 0 Å². The molecular weight excluding hydrogens is 384 g/mol. The number of ether oxygens (including phenoxy) is 1. The van der Waals surface area contributed by atoms with Gasteiger partial charge in [0.25, 0.3) is 5.91 Å². The second-order valence-electron chi connectivity index (χ2n) is 7.80. The van der Waals surface area contributed by atoms with E-state index in [0.717, 1.165) is 54.3 Å². The van der Waals surface area contributed by atoms with Crippen LogP contribution in [0.15, 0.2) is 35.5 Å². The van der Waals surface area contributed by atoms with E-state index in [9.17, 15) is 4.79 Å². The highest BCUT2D eigenvalue weighted by Gasteiger charge is 2.16. The first-order valence-electron chi connectivity index (χ1n) is 10.2. The number of hydrogen-bond acceptors (Lipinski definition) is 6. The van der Waals surface area contributed by atoms with Gasteiger partial charge >= 0.3 is 0 Å². The topological polar surface area (TPSA) is 67.4 Å². The summed E-state index contributed by atoms with van der Waals surface area (Å²) in [7, 11) is 0. The van der Waals surface area contributed by atoms with E-state index in [1.54, 1.807) is 11.8 Å². The smallest absolute Gasteiger partial charge is 0.251 e. The van der Waals surface area contributed by atoms with Gasteiger partial charge in [-0.3, -0.25) is 4.79 Å². The molecular formula is C22H30N4O2S. The minimum Gasteiger partial charge on any atom is -0.378 e. The van der Waals surface area contributed by atoms with Crippen LogP contribution in [0.1, 0.15) is 55.2 Å². The van der Waals surface area contributed by atoms with E-state index in [0.29, 0.717) is 11.5 Å². The van der Waals surface area contributed by atoms with Crippen LogP contribution in [0.3, 0.4) is 0 Å². The monoisotopic (exact) mass is 414 g/mol. The van der Waals surface area contributed by atoms with Gasteiger partial charge in [-0.25, -0.2) is 9.97 Å². The minimum absolute atomic E-state index is 0.0395. The summed E-state index contributed by atoms with van der Waals surface area (Å²) in [4.78, 5) is 23.9. The molecule has 1 N–H and O–H groups in total. The number of amides is 1. The molecule has 2 heterocycles. The van der Waals surface area contributed by atoms with Crippen molar-refractivity contribution in [1.82, 2.24) is 15.3 Å². The third-order valence-corrected chi connectivity index (χ3v) is 5.56. The van der Waals surface area contributed by atoms with Crippen molar-refractivity contribution in [2.45, 2.75) is 50.6 Å². The summed E-state index contributed by atoms with van der Waals surface area (Å²) < 4.78 is 5.46. The Labute approximate surface area is 177 Å². The quantitative estimate of drug-likeness (QED) is 0.548. The number of aromatic nitrogens is 2. The Morgan fingerprint density at radius 2 is 1.83 bits per heavy atom. The minimum atomic E-state index is -0.0395. The first kappa shape index (κ1) is 21.6. The Hall–Kier alpha value is -2.12. The molecule has 1 aliphatic rings. The summed E-state index contributed by atoms with van der Waals surface area (Å²) in [5.74, 6) is 2.05. The van der Waals surface area contributed by atoms with Crippen molar-refractivity contribution in [3.8, 4) is 0 Å². The molecule has 3 rings (SSSR count). The molecule has 0 bridgehead atoms. The summed E-state index contributed by atoms with van der Waals surface area (Å²) in [6.07, 6.45) is 0. The average Bonchev–Trinajstić information content (AvgIpc) is 2.72. The number of thioether (sulfide) groups is 1. The molecule has 0 radical (unpaired) electrons. The lowest BCUT2D eigenvalue weighted by molar-refractivity contribution is 0.0943. The molecule has 1 aromatic carbocycles. The summed E-state index contributed by atoms with van der Waals surface area (Å²) in [6.45, 7) is 11.4. The molecule has 2 aromatic rings. The maximum absolute atomic E-state index is 12.1. The lowest BCUT2D eigenvalue weighted by atomic mass is 10.1. The third kappa shape index (κ3) is 6.18. The number of benzene rings is 1. The number of hydrogen-bond donors (Lipinski definition) is 1. The van der Waals surface area contributed by atoms with Crippen LogP contribution < -0.4 is 10.2 Å². The average molecular weight is 415 g/mol. The molecule has 156 valence electrons. The Bertz CT molecular complexity index is 818. The van der Waals surface area contributed by atoms with Crippen molar-refractivity contribution in [3.05, 3.63) is 47.2 Å². The zero-order valence-electron chi connectivity index (χ0n) is 17.6. The van der Waals surface area contributed by atoms with Gasteiger partial charge in [-0.05, 0) is 37.5 Å². The number of carbonyl (C=O) groups excluding carboxylic acids is 1. The fraction of sp³-hybridized carbons (Fsp3) is 0.500. The van der Waals surface area contributed by atoms with E-state index in [4.69, 9.17) is 14.7 Å². The normalized spacial score (nSPS) is 14.5. The van der Waals surface area contributed by atoms with Gasteiger partial charge in [-0.2, -0.15) is 0 Å². The Morgan fingerprint density at radius 3 is 2.45 bits per heavy atom. The molecule has 1 aromatic heterocycles. The van der Waals surface area contributed by atoms with Crippen LogP contribution in [-0.4, -0.2) is 48.2 Å². The van der Waals surface area contributed by atoms with E-state index in [-0.39, 0.29) is 11.9 Å². The molecule has 1 amide bonds. The van der Waals surface area contributed by atoms with E-state index in [1.807, 2.05) is 38.1 Å². The predicted octanol–water partition coefficient (Wildman–Crippen LogP) is 3.87. The van der Waals surface area contributed by atoms with Crippen molar-refractivity contribution in [2.75, 3.05) is 31.2 Å². The van der Waals surface area contributed by atoms with Gasteiger partial charge in [0.05, 0.1) is 13.2 Å². The standard InChI is InChI=1S/C22H30N4O2S/c1-15(2)19-13-20(26-9-11-28-12-10-26)25-22(24-19)29-14-17-5-7-18(8-6-17)21(27)23-16(3)4/h5-8,13,15-16H,9-12,14H2,1-4H3,(H,23,27). The van der Waals surface area contributed by atoms with Crippen molar-refractivity contribution < 1.29 is 9.53 Å². The second-order valence-corrected chi connectivity index (χ2v) is 8.74.